The van der Waals surface area contributed by atoms with E-state index in [0.717, 1.165) is 44.5 Å². The Labute approximate surface area is 134 Å². The fraction of sp³-hybridized carbons (Fsp3) is 0.667. The zero-order valence-electron chi connectivity index (χ0n) is 14.0. The van der Waals surface area contributed by atoms with E-state index >= 15 is 0 Å². The van der Waals surface area contributed by atoms with Gasteiger partial charge in [-0.25, -0.2) is 0 Å². The van der Waals surface area contributed by atoms with Crippen LogP contribution in [0.15, 0.2) is 24.3 Å². The summed E-state index contributed by atoms with van der Waals surface area (Å²) in [5.41, 5.74) is 1.31. The highest BCUT2D eigenvalue weighted by molar-refractivity contribution is 5.27. The number of rotatable bonds is 9. The third-order valence-corrected chi connectivity index (χ3v) is 4.28. The van der Waals surface area contributed by atoms with Gasteiger partial charge in [0.25, 0.3) is 0 Å². The lowest BCUT2D eigenvalue weighted by Crippen LogP contribution is -2.39. The fourth-order valence-electron chi connectivity index (χ4n) is 2.95. The van der Waals surface area contributed by atoms with Gasteiger partial charge in [-0.15, -0.1) is 0 Å². The Morgan fingerprint density at radius 3 is 2.55 bits per heavy atom. The van der Waals surface area contributed by atoms with E-state index in [9.17, 15) is 0 Å². The summed E-state index contributed by atoms with van der Waals surface area (Å²) in [6.45, 7) is 9.17. The second kappa shape index (κ2) is 9.82. The molecule has 0 aromatic heterocycles. The van der Waals surface area contributed by atoms with Gasteiger partial charge in [-0.05, 0) is 56.5 Å². The maximum atomic E-state index is 5.46. The Kier molecular flexibility index (Phi) is 7.71. The van der Waals surface area contributed by atoms with Gasteiger partial charge in [-0.1, -0.05) is 12.1 Å². The summed E-state index contributed by atoms with van der Waals surface area (Å²) in [6, 6.07) is 8.35. The third kappa shape index (κ3) is 5.95. The first-order chi connectivity index (χ1) is 10.8. The molecule has 22 heavy (non-hydrogen) atoms. The van der Waals surface area contributed by atoms with E-state index in [1.807, 2.05) is 19.1 Å². The Morgan fingerprint density at radius 2 is 1.91 bits per heavy atom. The second-order valence-corrected chi connectivity index (χ2v) is 5.99. The molecule has 124 valence electrons. The van der Waals surface area contributed by atoms with Crippen LogP contribution >= 0.6 is 0 Å². The zero-order chi connectivity index (χ0) is 15.6. The minimum Gasteiger partial charge on any atom is -0.494 e. The number of piperidine rings is 1. The average molecular weight is 306 g/mol. The lowest BCUT2D eigenvalue weighted by Gasteiger charge is -2.31. The number of ether oxygens (including phenoxy) is 2. The van der Waals surface area contributed by atoms with Gasteiger partial charge in [0, 0.05) is 33.4 Å². The van der Waals surface area contributed by atoms with E-state index in [1.165, 1.54) is 31.5 Å². The minimum absolute atomic E-state index is 0.721. The van der Waals surface area contributed by atoms with Gasteiger partial charge in [-0.2, -0.15) is 0 Å². The summed E-state index contributed by atoms with van der Waals surface area (Å²) in [4.78, 5) is 2.55. The van der Waals surface area contributed by atoms with Gasteiger partial charge in [0.05, 0.1) is 6.61 Å². The standard InChI is InChI=1S/C18H30N2O2/c1-3-22-18-6-4-16(5-7-18)14-19-10-13-20-11-8-17(9-12-20)15-21-2/h4-7,17,19H,3,8-15H2,1-2H3. The maximum Gasteiger partial charge on any atom is 0.119 e. The van der Waals surface area contributed by atoms with Gasteiger partial charge >= 0.3 is 0 Å². The lowest BCUT2D eigenvalue weighted by molar-refractivity contribution is 0.0998. The van der Waals surface area contributed by atoms with Crippen LogP contribution in [0.1, 0.15) is 25.3 Å². The van der Waals surface area contributed by atoms with Crippen LogP contribution in [-0.4, -0.2) is 51.4 Å². The van der Waals surface area contributed by atoms with Crippen molar-refractivity contribution in [3.63, 3.8) is 0 Å². The second-order valence-electron chi connectivity index (χ2n) is 5.99. The SMILES string of the molecule is CCOc1ccc(CNCCN2CCC(COC)CC2)cc1. The number of nitrogens with one attached hydrogen (secondary N) is 1. The molecule has 1 aromatic carbocycles. The highest BCUT2D eigenvalue weighted by Crippen LogP contribution is 2.16. The Balaban J connectivity index is 1.57. The molecule has 1 heterocycles. The van der Waals surface area contributed by atoms with Crippen LogP contribution in [0.3, 0.4) is 0 Å². The third-order valence-electron chi connectivity index (χ3n) is 4.28. The maximum absolute atomic E-state index is 5.46. The molecule has 4 nitrogen and oxygen atoms in total. The zero-order valence-corrected chi connectivity index (χ0v) is 14.0. The van der Waals surface area contributed by atoms with Crippen LogP contribution in [0.25, 0.3) is 0 Å². The van der Waals surface area contributed by atoms with Crippen LogP contribution in [0.5, 0.6) is 5.75 Å². The molecule has 2 rings (SSSR count). The molecule has 1 aliphatic rings. The normalized spacial score (nSPS) is 16.8. The largest absolute Gasteiger partial charge is 0.494 e. The van der Waals surface area contributed by atoms with Crippen molar-refractivity contribution in [2.45, 2.75) is 26.3 Å². The van der Waals surface area contributed by atoms with E-state index < -0.39 is 0 Å². The van der Waals surface area contributed by atoms with Crippen LogP contribution in [0, 0.1) is 5.92 Å². The quantitative estimate of drug-likeness (QED) is 0.711. The molecule has 0 radical (unpaired) electrons. The molecule has 0 atom stereocenters. The molecule has 0 amide bonds. The molecule has 0 spiro atoms. The first kappa shape index (κ1) is 17.3. The molecule has 1 aromatic rings. The number of hydrogen-bond donors (Lipinski definition) is 1. The van der Waals surface area contributed by atoms with Gasteiger partial charge in [-0.3, -0.25) is 0 Å². The van der Waals surface area contributed by atoms with E-state index in [0.29, 0.717) is 0 Å². The van der Waals surface area contributed by atoms with Crippen LogP contribution in [0.2, 0.25) is 0 Å². The summed E-state index contributed by atoms with van der Waals surface area (Å²) in [6.07, 6.45) is 2.54. The van der Waals surface area contributed by atoms with Crippen molar-refractivity contribution in [2.75, 3.05) is 46.5 Å². The molecule has 1 fully saturated rings. The molecular formula is C18H30N2O2. The predicted molar refractivity (Wildman–Crippen MR) is 90.4 cm³/mol. The monoisotopic (exact) mass is 306 g/mol. The summed E-state index contributed by atoms with van der Waals surface area (Å²) in [5, 5.41) is 3.53. The van der Waals surface area contributed by atoms with Gasteiger partial charge < -0.3 is 19.7 Å². The first-order valence-corrected chi connectivity index (χ1v) is 8.45. The number of likely N-dealkylation sites (tertiary alicyclic amines) is 1. The molecule has 1 saturated heterocycles. The average Bonchev–Trinajstić information content (AvgIpc) is 2.55. The Morgan fingerprint density at radius 1 is 1.18 bits per heavy atom. The Bertz CT molecular complexity index is 400. The fourth-order valence-corrected chi connectivity index (χ4v) is 2.95. The summed E-state index contributed by atoms with van der Waals surface area (Å²) in [7, 11) is 1.80. The van der Waals surface area contributed by atoms with Crippen molar-refractivity contribution in [3.8, 4) is 5.75 Å². The minimum atomic E-state index is 0.721. The molecule has 0 saturated carbocycles. The summed E-state index contributed by atoms with van der Waals surface area (Å²) in [5.74, 6) is 1.71. The van der Waals surface area contributed by atoms with Crippen LogP contribution in [-0.2, 0) is 11.3 Å². The van der Waals surface area contributed by atoms with Gasteiger partial charge in [0.1, 0.15) is 5.75 Å². The molecule has 1 N–H and O–H groups in total. The van der Waals surface area contributed by atoms with Crippen LogP contribution in [0.4, 0.5) is 0 Å². The van der Waals surface area contributed by atoms with E-state index in [2.05, 4.69) is 22.3 Å². The highest BCUT2D eigenvalue weighted by atomic mass is 16.5. The lowest BCUT2D eigenvalue weighted by atomic mass is 9.98. The molecule has 0 bridgehead atoms. The topological polar surface area (TPSA) is 33.7 Å². The number of hydrogen-bond acceptors (Lipinski definition) is 4. The first-order valence-electron chi connectivity index (χ1n) is 8.45. The van der Waals surface area contributed by atoms with E-state index in [4.69, 9.17) is 9.47 Å². The highest BCUT2D eigenvalue weighted by Gasteiger charge is 2.18. The smallest absolute Gasteiger partial charge is 0.119 e. The molecular weight excluding hydrogens is 276 g/mol. The molecule has 4 heteroatoms. The van der Waals surface area contributed by atoms with Crippen LogP contribution < -0.4 is 10.1 Å². The number of methoxy groups -OCH3 is 1. The predicted octanol–water partition coefficient (Wildman–Crippen LogP) is 2.53. The number of benzene rings is 1. The summed E-state index contributed by atoms with van der Waals surface area (Å²) < 4.78 is 10.7. The van der Waals surface area contributed by atoms with Crippen molar-refractivity contribution >= 4 is 0 Å². The van der Waals surface area contributed by atoms with E-state index in [-0.39, 0.29) is 0 Å². The van der Waals surface area contributed by atoms with Gasteiger partial charge in [0.15, 0.2) is 0 Å². The van der Waals surface area contributed by atoms with Crippen molar-refractivity contribution in [3.05, 3.63) is 29.8 Å². The van der Waals surface area contributed by atoms with Crippen molar-refractivity contribution in [1.82, 2.24) is 10.2 Å². The number of nitrogens with zero attached hydrogens (tertiary/aromatic N) is 1. The van der Waals surface area contributed by atoms with Gasteiger partial charge in [0.2, 0.25) is 0 Å². The van der Waals surface area contributed by atoms with Crippen molar-refractivity contribution < 1.29 is 9.47 Å². The van der Waals surface area contributed by atoms with Crippen molar-refractivity contribution in [1.29, 1.82) is 0 Å². The summed E-state index contributed by atoms with van der Waals surface area (Å²) >= 11 is 0. The Hall–Kier alpha value is -1.10. The van der Waals surface area contributed by atoms with Crippen molar-refractivity contribution in [2.24, 2.45) is 5.92 Å². The van der Waals surface area contributed by atoms with E-state index in [1.54, 1.807) is 7.11 Å². The molecule has 1 aliphatic heterocycles. The molecule has 0 aliphatic carbocycles. The molecule has 0 unspecified atom stereocenters.